The van der Waals surface area contributed by atoms with Crippen LogP contribution in [0.25, 0.3) is 0 Å². The highest BCUT2D eigenvalue weighted by molar-refractivity contribution is 6.43. The summed E-state index contributed by atoms with van der Waals surface area (Å²) in [6.07, 6.45) is 1.33. The lowest BCUT2D eigenvalue weighted by molar-refractivity contribution is -0.108. The van der Waals surface area contributed by atoms with Crippen molar-refractivity contribution in [2.75, 3.05) is 0 Å². The Bertz CT molecular complexity index is 104. The molecular weight excluding hydrogens is 135 g/mol. The summed E-state index contributed by atoms with van der Waals surface area (Å²) < 4.78 is 0. The first-order chi connectivity index (χ1) is 3.19. The topological polar surface area (TPSA) is 17.1 Å². The zero-order valence-electron chi connectivity index (χ0n) is 3.53. The normalized spacial score (nSPS) is 48.6. The van der Waals surface area contributed by atoms with E-state index in [4.69, 9.17) is 23.2 Å². The predicted octanol–water partition coefficient (Wildman–Crippen LogP) is 1.17. The van der Waals surface area contributed by atoms with Crippen molar-refractivity contribution in [2.24, 2.45) is 0 Å². The van der Waals surface area contributed by atoms with Gasteiger partial charge in [0, 0.05) is 0 Å². The molecule has 1 aliphatic rings. The molecule has 1 fully saturated rings. The second kappa shape index (κ2) is 1.36. The molecule has 1 rings (SSSR count). The molecule has 0 aliphatic heterocycles. The summed E-state index contributed by atoms with van der Waals surface area (Å²) in [5.74, 6) is 0. The first kappa shape index (κ1) is 5.39. The molecule has 40 valence electrons. The molecule has 0 heterocycles. The van der Waals surface area contributed by atoms with Crippen LogP contribution in [0, 0.1) is 0 Å². The molecule has 0 N–H and O–H groups in total. The molecular formula is C4H4Cl2O. The second-order valence-corrected chi connectivity index (χ2v) is 2.95. The van der Waals surface area contributed by atoms with Crippen molar-refractivity contribution < 1.29 is 4.79 Å². The molecule has 0 saturated heterocycles. The first-order valence-corrected chi connectivity index (χ1v) is 2.80. The van der Waals surface area contributed by atoms with Gasteiger partial charge >= 0.3 is 0 Å². The minimum Gasteiger partial charge on any atom is -0.301 e. The number of rotatable bonds is 1. The van der Waals surface area contributed by atoms with E-state index in [1.54, 1.807) is 0 Å². The minimum absolute atomic E-state index is 0.119. The van der Waals surface area contributed by atoms with Gasteiger partial charge < -0.3 is 4.79 Å². The number of alkyl halides is 2. The maximum Gasteiger partial charge on any atom is 0.142 e. The number of carbonyl (C=O) groups excluding carboxylic acids is 1. The van der Waals surface area contributed by atoms with Crippen LogP contribution in [-0.4, -0.2) is 16.5 Å². The van der Waals surface area contributed by atoms with Crippen molar-refractivity contribution >= 4 is 29.5 Å². The standard InChI is InChI=1S/C4H4Cl2O/c5-3-1-4(3,6)2-7/h2-3H,1H2. The first-order valence-electron chi connectivity index (χ1n) is 1.98. The predicted molar refractivity (Wildman–Crippen MR) is 28.9 cm³/mol. The van der Waals surface area contributed by atoms with Crippen LogP contribution < -0.4 is 0 Å². The quantitative estimate of drug-likeness (QED) is 0.393. The molecule has 2 atom stereocenters. The summed E-state index contributed by atoms with van der Waals surface area (Å²) in [5.41, 5.74) is 0. The highest BCUT2D eigenvalue weighted by Gasteiger charge is 2.52. The van der Waals surface area contributed by atoms with Crippen molar-refractivity contribution in [3.8, 4) is 0 Å². The van der Waals surface area contributed by atoms with Gasteiger partial charge in [0.25, 0.3) is 0 Å². The number of carbonyl (C=O) groups is 1. The van der Waals surface area contributed by atoms with Crippen molar-refractivity contribution in [2.45, 2.75) is 16.7 Å². The molecule has 1 saturated carbocycles. The van der Waals surface area contributed by atoms with Crippen molar-refractivity contribution in [3.05, 3.63) is 0 Å². The van der Waals surface area contributed by atoms with Gasteiger partial charge in [-0.05, 0) is 6.42 Å². The van der Waals surface area contributed by atoms with Gasteiger partial charge in [0.2, 0.25) is 0 Å². The Balaban J connectivity index is 2.51. The summed E-state index contributed by atoms with van der Waals surface area (Å²) in [4.78, 5) is 9.19. The largest absolute Gasteiger partial charge is 0.301 e. The van der Waals surface area contributed by atoms with Crippen LogP contribution in [-0.2, 0) is 4.79 Å². The van der Waals surface area contributed by atoms with Gasteiger partial charge in [0.05, 0.1) is 5.38 Å². The molecule has 0 aromatic carbocycles. The fourth-order valence-electron chi connectivity index (χ4n) is 0.338. The molecule has 3 heteroatoms. The van der Waals surface area contributed by atoms with Gasteiger partial charge in [-0.25, -0.2) is 0 Å². The van der Waals surface area contributed by atoms with Crippen molar-refractivity contribution in [1.29, 1.82) is 0 Å². The van der Waals surface area contributed by atoms with Gasteiger partial charge in [0.15, 0.2) is 0 Å². The number of halogens is 2. The van der Waals surface area contributed by atoms with E-state index in [-0.39, 0.29) is 5.38 Å². The van der Waals surface area contributed by atoms with Crippen LogP contribution in [0.15, 0.2) is 0 Å². The number of hydrogen-bond acceptors (Lipinski definition) is 1. The van der Waals surface area contributed by atoms with Gasteiger partial charge in [-0.3, -0.25) is 0 Å². The molecule has 0 radical (unpaired) electrons. The molecule has 1 aliphatic carbocycles. The van der Waals surface area contributed by atoms with Crippen LogP contribution in [0.3, 0.4) is 0 Å². The molecule has 0 aromatic heterocycles. The van der Waals surface area contributed by atoms with E-state index >= 15 is 0 Å². The summed E-state index contributed by atoms with van der Waals surface area (Å²) >= 11 is 10.9. The van der Waals surface area contributed by atoms with E-state index in [0.717, 1.165) is 0 Å². The van der Waals surface area contributed by atoms with Crippen LogP contribution >= 0.6 is 23.2 Å². The second-order valence-electron chi connectivity index (χ2n) is 1.72. The van der Waals surface area contributed by atoms with Crippen LogP contribution in [0.5, 0.6) is 0 Å². The molecule has 2 unspecified atom stereocenters. The molecule has 0 spiro atoms. The molecule has 0 amide bonds. The lowest BCUT2D eigenvalue weighted by Crippen LogP contribution is -2.01. The fourth-order valence-corrected chi connectivity index (χ4v) is 0.878. The molecule has 7 heavy (non-hydrogen) atoms. The SMILES string of the molecule is O=CC1(Cl)CC1Cl. The average molecular weight is 139 g/mol. The van der Waals surface area contributed by atoms with Crippen molar-refractivity contribution in [1.82, 2.24) is 0 Å². The highest BCUT2D eigenvalue weighted by atomic mass is 35.5. The van der Waals surface area contributed by atoms with Gasteiger partial charge in [0.1, 0.15) is 11.2 Å². The minimum atomic E-state index is -0.693. The van der Waals surface area contributed by atoms with E-state index in [2.05, 4.69) is 0 Å². The molecule has 0 aromatic rings. The summed E-state index contributed by atoms with van der Waals surface area (Å²) in [7, 11) is 0. The third-order valence-electron chi connectivity index (χ3n) is 1.05. The van der Waals surface area contributed by atoms with Crippen molar-refractivity contribution in [3.63, 3.8) is 0 Å². The van der Waals surface area contributed by atoms with E-state index < -0.39 is 4.87 Å². The van der Waals surface area contributed by atoms with Crippen LogP contribution in [0.4, 0.5) is 0 Å². The van der Waals surface area contributed by atoms with E-state index in [1.807, 2.05) is 0 Å². The third kappa shape index (κ3) is 0.752. The zero-order valence-corrected chi connectivity index (χ0v) is 5.04. The Morgan fingerprint density at radius 2 is 2.29 bits per heavy atom. The smallest absolute Gasteiger partial charge is 0.142 e. The lowest BCUT2D eigenvalue weighted by atomic mass is 10.5. The Morgan fingerprint density at radius 1 is 1.86 bits per heavy atom. The average Bonchev–Trinajstić information content (AvgIpc) is 2.18. The van der Waals surface area contributed by atoms with E-state index in [0.29, 0.717) is 12.7 Å². The highest BCUT2D eigenvalue weighted by Crippen LogP contribution is 2.45. The number of aldehydes is 1. The maximum absolute atomic E-state index is 9.88. The Kier molecular flexibility index (Phi) is 1.05. The van der Waals surface area contributed by atoms with E-state index in [1.165, 1.54) is 0 Å². The number of hydrogen-bond donors (Lipinski definition) is 0. The fraction of sp³-hybridized carbons (Fsp3) is 0.750. The van der Waals surface area contributed by atoms with Crippen LogP contribution in [0.1, 0.15) is 6.42 Å². The summed E-state index contributed by atoms with van der Waals surface area (Å²) in [6, 6.07) is 0. The van der Waals surface area contributed by atoms with Crippen LogP contribution in [0.2, 0.25) is 0 Å². The Labute approximate surface area is 51.6 Å². The zero-order chi connectivity index (χ0) is 5.49. The molecule has 0 bridgehead atoms. The molecule has 1 nitrogen and oxygen atoms in total. The summed E-state index contributed by atoms with van der Waals surface area (Å²) in [5, 5.41) is -0.119. The Hall–Kier alpha value is 0.250. The van der Waals surface area contributed by atoms with Gasteiger partial charge in [-0.1, -0.05) is 0 Å². The summed E-state index contributed by atoms with van der Waals surface area (Å²) in [6.45, 7) is 0. The lowest BCUT2D eigenvalue weighted by Gasteiger charge is -1.85. The van der Waals surface area contributed by atoms with E-state index in [9.17, 15) is 4.79 Å². The third-order valence-corrected chi connectivity index (χ3v) is 2.21. The van der Waals surface area contributed by atoms with Gasteiger partial charge in [-0.15, -0.1) is 23.2 Å². The Morgan fingerprint density at radius 3 is 2.29 bits per heavy atom. The maximum atomic E-state index is 9.88. The monoisotopic (exact) mass is 138 g/mol. The van der Waals surface area contributed by atoms with Gasteiger partial charge in [-0.2, -0.15) is 0 Å².